The number of nitrogens with one attached hydrogen (secondary N) is 1. The van der Waals surface area contributed by atoms with Crippen LogP contribution in [0.1, 0.15) is 20.8 Å². The van der Waals surface area contributed by atoms with Crippen molar-refractivity contribution < 1.29 is 14.3 Å². The van der Waals surface area contributed by atoms with Gasteiger partial charge in [-0.25, -0.2) is 4.98 Å². The zero-order valence-electron chi connectivity index (χ0n) is 12.1. The van der Waals surface area contributed by atoms with Gasteiger partial charge in [-0.3, -0.25) is 4.79 Å². The summed E-state index contributed by atoms with van der Waals surface area (Å²) in [5, 5.41) is 3.26. The van der Waals surface area contributed by atoms with Gasteiger partial charge in [0.2, 0.25) is 5.88 Å². The second kappa shape index (κ2) is 8.81. The normalized spacial score (nSPS) is 12.2. The number of aromatic nitrogens is 1. The number of ether oxygens (including phenoxy) is 2. The summed E-state index contributed by atoms with van der Waals surface area (Å²) in [5.74, 6) is 1.14. The Balaban J connectivity index is 2.31. The fourth-order valence-electron chi connectivity index (χ4n) is 1.28. The van der Waals surface area contributed by atoms with Crippen molar-refractivity contribution in [1.82, 2.24) is 10.3 Å². The molecule has 20 heavy (non-hydrogen) atoms. The van der Waals surface area contributed by atoms with Gasteiger partial charge in [0, 0.05) is 23.9 Å². The average molecular weight is 298 g/mol. The molecular weight excluding hydrogens is 276 g/mol. The van der Waals surface area contributed by atoms with Crippen LogP contribution >= 0.6 is 12.6 Å². The van der Waals surface area contributed by atoms with Gasteiger partial charge in [-0.2, -0.15) is 12.6 Å². The Morgan fingerprint density at radius 1 is 1.35 bits per heavy atom. The van der Waals surface area contributed by atoms with Crippen molar-refractivity contribution >= 4 is 18.4 Å². The molecule has 0 fully saturated rings. The van der Waals surface area contributed by atoms with E-state index in [1.807, 2.05) is 20.8 Å². The molecule has 0 aliphatic rings. The number of Topliss-reactive ketones (excluding diaryl/α,β-unsaturated/α-hetero) is 1. The SMILES string of the molecule is CC(C)C(=O)COc1ccc(OCCN[C@H](C)S)nc1. The van der Waals surface area contributed by atoms with E-state index in [9.17, 15) is 4.79 Å². The molecule has 1 aromatic rings. The Kier molecular flexibility index (Phi) is 7.40. The largest absolute Gasteiger partial charge is 0.484 e. The molecule has 5 nitrogen and oxygen atoms in total. The summed E-state index contributed by atoms with van der Waals surface area (Å²) in [6.45, 7) is 6.94. The van der Waals surface area contributed by atoms with Crippen LogP contribution in [0.2, 0.25) is 0 Å². The lowest BCUT2D eigenvalue weighted by molar-refractivity contribution is -0.123. The third-order valence-corrected chi connectivity index (χ3v) is 2.71. The maximum Gasteiger partial charge on any atom is 0.213 e. The minimum Gasteiger partial charge on any atom is -0.484 e. The molecule has 1 N–H and O–H groups in total. The second-order valence-electron chi connectivity index (χ2n) is 4.72. The van der Waals surface area contributed by atoms with E-state index in [0.717, 1.165) is 0 Å². The van der Waals surface area contributed by atoms with Crippen LogP contribution in [-0.4, -0.2) is 35.9 Å². The van der Waals surface area contributed by atoms with E-state index in [1.165, 1.54) is 0 Å². The van der Waals surface area contributed by atoms with Crippen LogP contribution in [0.3, 0.4) is 0 Å². The highest BCUT2D eigenvalue weighted by Gasteiger charge is 2.08. The molecule has 0 saturated carbocycles. The summed E-state index contributed by atoms with van der Waals surface area (Å²) >= 11 is 4.20. The van der Waals surface area contributed by atoms with E-state index in [4.69, 9.17) is 9.47 Å². The van der Waals surface area contributed by atoms with Crippen LogP contribution in [0.4, 0.5) is 0 Å². The van der Waals surface area contributed by atoms with E-state index in [-0.39, 0.29) is 23.7 Å². The lowest BCUT2D eigenvalue weighted by atomic mass is 10.1. The Labute approximate surface area is 125 Å². The Hall–Kier alpha value is -1.27. The summed E-state index contributed by atoms with van der Waals surface area (Å²) in [5.41, 5.74) is 0. The number of carbonyl (C=O) groups excluding carboxylic acids is 1. The Morgan fingerprint density at radius 3 is 2.65 bits per heavy atom. The number of ketones is 1. The third kappa shape index (κ3) is 6.77. The number of hydrogen-bond donors (Lipinski definition) is 2. The van der Waals surface area contributed by atoms with Crippen molar-refractivity contribution in [3.05, 3.63) is 18.3 Å². The summed E-state index contributed by atoms with van der Waals surface area (Å²) in [6, 6.07) is 3.46. The van der Waals surface area contributed by atoms with Gasteiger partial charge in [-0.15, -0.1) is 0 Å². The number of thiol groups is 1. The van der Waals surface area contributed by atoms with Gasteiger partial charge in [0.1, 0.15) is 19.0 Å². The number of nitrogens with zero attached hydrogens (tertiary/aromatic N) is 1. The molecule has 0 saturated heterocycles. The van der Waals surface area contributed by atoms with Gasteiger partial charge in [0.15, 0.2) is 5.78 Å². The molecule has 1 aromatic heterocycles. The van der Waals surface area contributed by atoms with Crippen LogP contribution in [0.25, 0.3) is 0 Å². The van der Waals surface area contributed by atoms with E-state index >= 15 is 0 Å². The molecule has 1 rings (SSSR count). The molecule has 0 aliphatic heterocycles. The van der Waals surface area contributed by atoms with Gasteiger partial charge < -0.3 is 14.8 Å². The minimum atomic E-state index is -0.0210. The molecule has 0 aromatic carbocycles. The molecule has 0 unspecified atom stereocenters. The molecule has 6 heteroatoms. The van der Waals surface area contributed by atoms with Gasteiger partial charge in [-0.05, 0) is 13.0 Å². The average Bonchev–Trinajstić information content (AvgIpc) is 2.42. The first-order valence-corrected chi connectivity index (χ1v) is 7.16. The zero-order valence-corrected chi connectivity index (χ0v) is 13.0. The highest BCUT2D eigenvalue weighted by atomic mass is 32.1. The number of carbonyl (C=O) groups is 1. The first kappa shape index (κ1) is 16.8. The maximum atomic E-state index is 11.4. The number of rotatable bonds is 9. The highest BCUT2D eigenvalue weighted by molar-refractivity contribution is 7.80. The minimum absolute atomic E-state index is 0.0210. The number of hydrogen-bond acceptors (Lipinski definition) is 6. The topological polar surface area (TPSA) is 60.5 Å². The molecule has 0 spiro atoms. The predicted octanol–water partition coefficient (Wildman–Crippen LogP) is 1.93. The van der Waals surface area contributed by atoms with Crippen LogP contribution < -0.4 is 14.8 Å². The van der Waals surface area contributed by atoms with Crippen LogP contribution in [-0.2, 0) is 4.79 Å². The summed E-state index contributed by atoms with van der Waals surface area (Å²) in [4.78, 5) is 15.5. The van der Waals surface area contributed by atoms with E-state index in [2.05, 4.69) is 22.9 Å². The molecule has 112 valence electrons. The van der Waals surface area contributed by atoms with Crippen molar-refractivity contribution in [3.8, 4) is 11.6 Å². The molecule has 0 aliphatic carbocycles. The van der Waals surface area contributed by atoms with Gasteiger partial charge in [-0.1, -0.05) is 13.8 Å². The first-order chi connectivity index (χ1) is 9.49. The van der Waals surface area contributed by atoms with Crippen molar-refractivity contribution in [2.24, 2.45) is 5.92 Å². The van der Waals surface area contributed by atoms with E-state index < -0.39 is 0 Å². The Bertz CT molecular complexity index is 407. The van der Waals surface area contributed by atoms with Crippen molar-refractivity contribution in [2.75, 3.05) is 19.8 Å². The molecule has 0 radical (unpaired) electrons. The van der Waals surface area contributed by atoms with Gasteiger partial charge in [0.05, 0.1) is 6.20 Å². The smallest absolute Gasteiger partial charge is 0.213 e. The van der Waals surface area contributed by atoms with Gasteiger partial charge >= 0.3 is 0 Å². The molecule has 0 amide bonds. The monoisotopic (exact) mass is 298 g/mol. The van der Waals surface area contributed by atoms with Crippen molar-refractivity contribution in [2.45, 2.75) is 26.1 Å². The fourth-order valence-corrected chi connectivity index (χ4v) is 1.41. The maximum absolute atomic E-state index is 11.4. The lowest BCUT2D eigenvalue weighted by Gasteiger charge is -2.10. The molecule has 1 atom stereocenters. The predicted molar refractivity (Wildman–Crippen MR) is 81.5 cm³/mol. The molecular formula is C14H22N2O3S. The summed E-state index contributed by atoms with van der Waals surface area (Å²) < 4.78 is 10.8. The standard InChI is InChI=1S/C14H22N2O3S/c1-10(2)13(17)9-19-12-4-5-14(16-8-12)18-7-6-15-11(3)20/h4-5,8,10-11,15,20H,6-7,9H2,1-3H3/t11-/m0/s1. The van der Waals surface area contributed by atoms with Crippen molar-refractivity contribution in [3.63, 3.8) is 0 Å². The summed E-state index contributed by atoms with van der Waals surface area (Å²) in [7, 11) is 0. The quantitative estimate of drug-likeness (QED) is 0.414. The summed E-state index contributed by atoms with van der Waals surface area (Å²) in [6.07, 6.45) is 1.55. The molecule has 0 bridgehead atoms. The fraction of sp³-hybridized carbons (Fsp3) is 0.571. The Morgan fingerprint density at radius 2 is 2.10 bits per heavy atom. The van der Waals surface area contributed by atoms with Crippen LogP contribution in [0.15, 0.2) is 18.3 Å². The third-order valence-electron chi connectivity index (χ3n) is 2.53. The second-order valence-corrected chi connectivity index (χ2v) is 5.49. The van der Waals surface area contributed by atoms with E-state index in [0.29, 0.717) is 24.8 Å². The van der Waals surface area contributed by atoms with Gasteiger partial charge in [0.25, 0.3) is 0 Å². The molecule has 1 heterocycles. The van der Waals surface area contributed by atoms with Crippen LogP contribution in [0.5, 0.6) is 11.6 Å². The lowest BCUT2D eigenvalue weighted by Crippen LogP contribution is -2.26. The first-order valence-electron chi connectivity index (χ1n) is 6.65. The van der Waals surface area contributed by atoms with Crippen LogP contribution in [0, 0.1) is 5.92 Å². The number of pyridine rings is 1. The van der Waals surface area contributed by atoms with E-state index in [1.54, 1.807) is 18.3 Å². The zero-order chi connectivity index (χ0) is 15.0. The van der Waals surface area contributed by atoms with Crippen molar-refractivity contribution in [1.29, 1.82) is 0 Å². The highest BCUT2D eigenvalue weighted by Crippen LogP contribution is 2.14.